The highest BCUT2D eigenvalue weighted by Crippen LogP contribution is 2.18. The molecule has 1 aliphatic heterocycles. The molecule has 0 aromatic rings. The summed E-state index contributed by atoms with van der Waals surface area (Å²) in [5.41, 5.74) is -0.509. The van der Waals surface area contributed by atoms with E-state index < -0.39 is 5.60 Å². The van der Waals surface area contributed by atoms with Gasteiger partial charge in [-0.2, -0.15) is 0 Å². The summed E-state index contributed by atoms with van der Waals surface area (Å²) in [5.74, 6) is 0. The lowest BCUT2D eigenvalue weighted by atomic mass is 9.99. The van der Waals surface area contributed by atoms with Crippen LogP contribution in [-0.4, -0.2) is 60.3 Å². The minimum atomic E-state index is -0.509. The number of β-amino-alcohol motifs (C(OH)–C–C–N with tert-alkyl or cyclic N) is 1. The first-order valence-electron chi connectivity index (χ1n) is 6.06. The molecule has 1 N–H and O–H groups in total. The Morgan fingerprint density at radius 3 is 2.06 bits per heavy atom. The topological polar surface area (TPSA) is 26.7 Å². The van der Waals surface area contributed by atoms with Gasteiger partial charge in [0.15, 0.2) is 0 Å². The van der Waals surface area contributed by atoms with Crippen LogP contribution in [0.1, 0.15) is 33.1 Å². The monoisotopic (exact) mass is 286 g/mol. The molecule has 0 spiro atoms. The van der Waals surface area contributed by atoms with Gasteiger partial charge in [-0.25, -0.2) is 0 Å². The van der Waals surface area contributed by atoms with E-state index in [1.807, 2.05) is 13.8 Å². The van der Waals surface area contributed by atoms with E-state index in [1.165, 1.54) is 12.8 Å². The molecule has 1 saturated heterocycles. The van der Waals surface area contributed by atoms with Crippen LogP contribution in [0.5, 0.6) is 0 Å². The number of rotatable bonds is 4. The van der Waals surface area contributed by atoms with E-state index in [9.17, 15) is 5.11 Å². The first kappa shape index (κ1) is 19.8. The third-order valence-corrected chi connectivity index (χ3v) is 3.61. The fourth-order valence-electron chi connectivity index (χ4n) is 2.19. The second kappa shape index (κ2) is 8.54. The van der Waals surface area contributed by atoms with Gasteiger partial charge in [0.05, 0.1) is 5.60 Å². The van der Waals surface area contributed by atoms with Crippen molar-refractivity contribution in [3.63, 3.8) is 0 Å². The number of likely N-dealkylation sites (tertiary alicyclic amines) is 1. The highest BCUT2D eigenvalue weighted by atomic mass is 35.5. The quantitative estimate of drug-likeness (QED) is 0.857. The predicted octanol–water partition coefficient (Wildman–Crippen LogP) is 2.02. The second-order valence-electron chi connectivity index (χ2n) is 5.32. The molecule has 1 fully saturated rings. The largest absolute Gasteiger partial charge is 0.389 e. The maximum atomic E-state index is 10.00. The summed E-state index contributed by atoms with van der Waals surface area (Å²) in [4.78, 5) is 4.71. The first-order chi connectivity index (χ1) is 6.94. The van der Waals surface area contributed by atoms with Crippen LogP contribution < -0.4 is 0 Å². The normalized spacial score (nSPS) is 21.5. The van der Waals surface area contributed by atoms with Gasteiger partial charge in [0.1, 0.15) is 0 Å². The van der Waals surface area contributed by atoms with Crippen molar-refractivity contribution in [3.05, 3.63) is 0 Å². The number of hydrogen-bond acceptors (Lipinski definition) is 3. The van der Waals surface area contributed by atoms with E-state index in [4.69, 9.17) is 0 Å². The van der Waals surface area contributed by atoms with Crippen LogP contribution in [0.25, 0.3) is 0 Å². The summed E-state index contributed by atoms with van der Waals surface area (Å²) in [7, 11) is 4.31. The molecule has 1 aliphatic rings. The zero-order chi connectivity index (χ0) is 11.5. The molecular weight excluding hydrogens is 259 g/mol. The highest BCUT2D eigenvalue weighted by Gasteiger charge is 2.26. The van der Waals surface area contributed by atoms with Crippen molar-refractivity contribution in [3.8, 4) is 0 Å². The van der Waals surface area contributed by atoms with E-state index in [1.54, 1.807) is 0 Å². The van der Waals surface area contributed by atoms with Gasteiger partial charge in [-0.05, 0) is 53.4 Å². The Bertz CT molecular complexity index is 193. The molecule has 0 radical (unpaired) electrons. The van der Waals surface area contributed by atoms with Gasteiger partial charge in [0, 0.05) is 12.6 Å². The van der Waals surface area contributed by atoms with Gasteiger partial charge in [0.25, 0.3) is 0 Å². The lowest BCUT2D eigenvalue weighted by Crippen LogP contribution is -2.47. The SMILES string of the molecule is CCC(C)(O)CN1CCC(N(C)C)CC1.Cl.Cl. The summed E-state index contributed by atoms with van der Waals surface area (Å²) in [6, 6.07) is 0.729. The van der Waals surface area contributed by atoms with Crippen molar-refractivity contribution >= 4 is 24.8 Å². The molecule has 0 aromatic heterocycles. The summed E-state index contributed by atoms with van der Waals surface area (Å²) >= 11 is 0. The van der Waals surface area contributed by atoms with Crippen LogP contribution in [0.4, 0.5) is 0 Å². The van der Waals surface area contributed by atoms with Gasteiger partial charge < -0.3 is 14.9 Å². The molecule has 106 valence electrons. The molecule has 1 heterocycles. The molecule has 1 unspecified atom stereocenters. The fraction of sp³-hybridized carbons (Fsp3) is 1.00. The fourth-order valence-corrected chi connectivity index (χ4v) is 2.19. The average Bonchev–Trinajstić information content (AvgIpc) is 2.18. The van der Waals surface area contributed by atoms with Crippen LogP contribution in [-0.2, 0) is 0 Å². The standard InChI is InChI=1S/C12H26N2O.2ClH/c1-5-12(2,15)10-14-8-6-11(7-9-14)13(3)4;;/h11,15H,5-10H2,1-4H3;2*1H. The van der Waals surface area contributed by atoms with Crippen molar-refractivity contribution in [2.45, 2.75) is 44.8 Å². The van der Waals surface area contributed by atoms with E-state index in [-0.39, 0.29) is 24.8 Å². The minimum Gasteiger partial charge on any atom is -0.389 e. The van der Waals surface area contributed by atoms with E-state index in [2.05, 4.69) is 23.9 Å². The van der Waals surface area contributed by atoms with Crippen LogP contribution in [0.15, 0.2) is 0 Å². The zero-order valence-corrected chi connectivity index (χ0v) is 13.1. The van der Waals surface area contributed by atoms with Crippen LogP contribution in [0, 0.1) is 0 Å². The first-order valence-corrected chi connectivity index (χ1v) is 6.06. The van der Waals surface area contributed by atoms with Crippen molar-refractivity contribution in [1.29, 1.82) is 0 Å². The Morgan fingerprint density at radius 1 is 1.24 bits per heavy atom. The van der Waals surface area contributed by atoms with Gasteiger partial charge in [-0.3, -0.25) is 0 Å². The molecule has 0 aromatic carbocycles. The Kier molecular flexibility index (Phi) is 9.95. The molecule has 1 rings (SSSR count). The molecule has 3 nitrogen and oxygen atoms in total. The predicted molar refractivity (Wildman–Crippen MR) is 78.6 cm³/mol. The minimum absolute atomic E-state index is 0. The third-order valence-electron chi connectivity index (χ3n) is 3.61. The number of nitrogens with zero attached hydrogens (tertiary/aromatic N) is 2. The lowest BCUT2D eigenvalue weighted by molar-refractivity contribution is 0.00440. The number of hydrogen-bond donors (Lipinski definition) is 1. The molecular formula is C12H28Cl2N2O. The molecule has 0 saturated carbocycles. The summed E-state index contributed by atoms with van der Waals surface area (Å²) in [6.07, 6.45) is 3.29. The van der Waals surface area contributed by atoms with Crippen molar-refractivity contribution in [1.82, 2.24) is 9.80 Å². The second-order valence-corrected chi connectivity index (χ2v) is 5.32. The maximum Gasteiger partial charge on any atom is 0.0743 e. The summed E-state index contributed by atoms with van der Waals surface area (Å²) < 4.78 is 0. The molecule has 17 heavy (non-hydrogen) atoms. The average molecular weight is 287 g/mol. The molecule has 0 aliphatic carbocycles. The third kappa shape index (κ3) is 6.82. The molecule has 0 bridgehead atoms. The van der Waals surface area contributed by atoms with Gasteiger partial charge in [-0.1, -0.05) is 6.92 Å². The maximum absolute atomic E-state index is 10.00. The summed E-state index contributed by atoms with van der Waals surface area (Å²) in [5, 5.41) is 10.00. The van der Waals surface area contributed by atoms with Gasteiger partial charge in [-0.15, -0.1) is 24.8 Å². The van der Waals surface area contributed by atoms with Crippen molar-refractivity contribution in [2.24, 2.45) is 0 Å². The highest BCUT2D eigenvalue weighted by molar-refractivity contribution is 5.85. The number of halogens is 2. The van der Waals surface area contributed by atoms with Gasteiger partial charge in [0.2, 0.25) is 0 Å². The smallest absolute Gasteiger partial charge is 0.0743 e. The van der Waals surface area contributed by atoms with Crippen LogP contribution in [0.2, 0.25) is 0 Å². The lowest BCUT2D eigenvalue weighted by Gasteiger charge is -2.38. The van der Waals surface area contributed by atoms with Crippen LogP contribution in [0.3, 0.4) is 0 Å². The number of piperidine rings is 1. The Morgan fingerprint density at radius 2 is 1.71 bits per heavy atom. The zero-order valence-electron chi connectivity index (χ0n) is 11.5. The molecule has 0 amide bonds. The van der Waals surface area contributed by atoms with Crippen molar-refractivity contribution in [2.75, 3.05) is 33.7 Å². The van der Waals surface area contributed by atoms with Gasteiger partial charge >= 0.3 is 0 Å². The Hall–Kier alpha value is 0.460. The van der Waals surface area contributed by atoms with E-state index >= 15 is 0 Å². The molecule has 1 atom stereocenters. The Labute approximate surface area is 118 Å². The summed E-state index contributed by atoms with van der Waals surface area (Å²) in [6.45, 7) is 7.05. The molecule has 5 heteroatoms. The van der Waals surface area contributed by atoms with Crippen LogP contribution >= 0.6 is 24.8 Å². The van der Waals surface area contributed by atoms with E-state index in [0.29, 0.717) is 0 Å². The number of aliphatic hydroxyl groups is 1. The van der Waals surface area contributed by atoms with E-state index in [0.717, 1.165) is 32.1 Å². The van der Waals surface area contributed by atoms with Crippen molar-refractivity contribution < 1.29 is 5.11 Å². The Balaban J connectivity index is 0.